The number of fused-ring (bicyclic) bond motifs is 1. The first-order chi connectivity index (χ1) is 17.8. The Kier molecular flexibility index (Phi) is 8.82. The first kappa shape index (κ1) is 27.1. The number of carbonyl (C=O) groups excluding carboxylic acids is 2. The van der Waals surface area contributed by atoms with E-state index in [2.05, 4.69) is 21.2 Å². The molecule has 4 aromatic carbocycles. The number of nitrogens with one attached hydrogen (secondary N) is 1. The van der Waals surface area contributed by atoms with Crippen LogP contribution in [0.15, 0.2) is 83.3 Å². The van der Waals surface area contributed by atoms with Crippen LogP contribution in [0, 0.1) is 0 Å². The van der Waals surface area contributed by atoms with Crippen LogP contribution in [0.4, 0.5) is 5.69 Å². The van der Waals surface area contributed by atoms with Crippen LogP contribution in [0.2, 0.25) is 10.0 Å². The molecule has 0 bridgehead atoms. The molecule has 0 aliphatic rings. The van der Waals surface area contributed by atoms with Gasteiger partial charge in [0.15, 0.2) is 5.11 Å². The third-order valence-corrected chi connectivity index (χ3v) is 7.21. The van der Waals surface area contributed by atoms with Crippen molar-refractivity contribution in [3.63, 3.8) is 0 Å². The standard InChI is InChI=1S/C28H21BrCl2N2O3S/c1-2-36-27(35)17-10-13-20(14-11-17)33(16-18-9-12-19(30)15-25(18)31)28(37)32-26(34)23-7-3-6-22-21(23)5-4-8-24(22)29/h3-15H,2,16H2,1H3,(H,32,34,37). The van der Waals surface area contributed by atoms with Gasteiger partial charge in [-0.25, -0.2) is 4.79 Å². The highest BCUT2D eigenvalue weighted by Gasteiger charge is 2.20. The second-order valence-electron chi connectivity index (χ2n) is 7.99. The number of amides is 1. The van der Waals surface area contributed by atoms with Crippen molar-refractivity contribution in [2.24, 2.45) is 0 Å². The van der Waals surface area contributed by atoms with E-state index in [0.717, 1.165) is 20.8 Å². The molecule has 0 spiro atoms. The Morgan fingerprint density at radius 1 is 0.973 bits per heavy atom. The summed E-state index contributed by atoms with van der Waals surface area (Å²) in [5.41, 5.74) is 2.31. The number of halogens is 3. The minimum atomic E-state index is -0.417. The van der Waals surface area contributed by atoms with E-state index in [1.54, 1.807) is 60.4 Å². The summed E-state index contributed by atoms with van der Waals surface area (Å²) in [5, 5.41) is 5.72. The number of rotatable bonds is 6. The highest BCUT2D eigenvalue weighted by atomic mass is 79.9. The Morgan fingerprint density at radius 2 is 1.68 bits per heavy atom. The topological polar surface area (TPSA) is 58.6 Å². The average molecular weight is 616 g/mol. The number of benzene rings is 4. The van der Waals surface area contributed by atoms with Crippen molar-refractivity contribution in [1.82, 2.24) is 5.32 Å². The zero-order valence-corrected chi connectivity index (χ0v) is 23.5. The molecule has 9 heteroatoms. The SMILES string of the molecule is CCOC(=O)c1ccc(N(Cc2ccc(Cl)cc2Cl)C(=S)NC(=O)c2cccc3c(Br)cccc23)cc1. The van der Waals surface area contributed by atoms with E-state index in [0.29, 0.717) is 26.9 Å². The van der Waals surface area contributed by atoms with E-state index in [9.17, 15) is 9.59 Å². The van der Waals surface area contributed by atoms with Crippen molar-refractivity contribution in [2.45, 2.75) is 13.5 Å². The molecule has 0 aliphatic carbocycles. The van der Waals surface area contributed by atoms with E-state index < -0.39 is 5.97 Å². The lowest BCUT2D eigenvalue weighted by atomic mass is 10.0. The minimum absolute atomic E-state index is 0.173. The first-order valence-corrected chi connectivity index (χ1v) is 13.3. The third-order valence-electron chi connectivity index (χ3n) is 5.61. The molecular weight excluding hydrogens is 595 g/mol. The minimum Gasteiger partial charge on any atom is -0.462 e. The molecule has 5 nitrogen and oxygen atoms in total. The molecule has 4 aromatic rings. The molecule has 1 amide bonds. The van der Waals surface area contributed by atoms with Crippen molar-refractivity contribution in [3.05, 3.63) is 110 Å². The number of hydrogen-bond donors (Lipinski definition) is 1. The van der Waals surface area contributed by atoms with Gasteiger partial charge in [-0.15, -0.1) is 0 Å². The number of thiocarbonyl (C=S) groups is 1. The quantitative estimate of drug-likeness (QED) is 0.177. The van der Waals surface area contributed by atoms with Crippen LogP contribution in [0.1, 0.15) is 33.2 Å². The molecule has 0 saturated heterocycles. The summed E-state index contributed by atoms with van der Waals surface area (Å²) in [7, 11) is 0. The Bertz CT molecular complexity index is 1500. The van der Waals surface area contributed by atoms with Crippen LogP contribution in [0.5, 0.6) is 0 Å². The molecule has 0 radical (unpaired) electrons. The van der Waals surface area contributed by atoms with Crippen LogP contribution in [0.25, 0.3) is 10.8 Å². The lowest BCUT2D eigenvalue weighted by molar-refractivity contribution is 0.0526. The van der Waals surface area contributed by atoms with Crippen LogP contribution >= 0.6 is 51.3 Å². The highest BCUT2D eigenvalue weighted by Crippen LogP contribution is 2.28. The molecule has 1 N–H and O–H groups in total. The average Bonchev–Trinajstić information content (AvgIpc) is 2.88. The van der Waals surface area contributed by atoms with Crippen molar-refractivity contribution < 1.29 is 14.3 Å². The fourth-order valence-corrected chi connectivity index (χ4v) is 5.02. The zero-order chi connectivity index (χ0) is 26.5. The largest absolute Gasteiger partial charge is 0.462 e. The van der Waals surface area contributed by atoms with Gasteiger partial charge in [-0.1, -0.05) is 69.5 Å². The normalized spacial score (nSPS) is 10.7. The van der Waals surface area contributed by atoms with Crippen molar-refractivity contribution in [3.8, 4) is 0 Å². The smallest absolute Gasteiger partial charge is 0.338 e. The molecule has 0 aromatic heterocycles. The van der Waals surface area contributed by atoms with Gasteiger partial charge in [-0.05, 0) is 84.0 Å². The monoisotopic (exact) mass is 614 g/mol. The number of carbonyl (C=O) groups is 2. The fourth-order valence-electron chi connectivity index (χ4n) is 3.79. The summed E-state index contributed by atoms with van der Waals surface area (Å²) in [6.07, 6.45) is 0. The maximum Gasteiger partial charge on any atom is 0.338 e. The van der Waals surface area contributed by atoms with Gasteiger partial charge < -0.3 is 9.64 Å². The summed E-state index contributed by atoms with van der Waals surface area (Å²) >= 11 is 21.8. The Morgan fingerprint density at radius 3 is 2.38 bits per heavy atom. The summed E-state index contributed by atoms with van der Waals surface area (Å²) in [6.45, 7) is 2.29. The van der Waals surface area contributed by atoms with Crippen LogP contribution < -0.4 is 10.2 Å². The zero-order valence-electron chi connectivity index (χ0n) is 19.6. The number of anilines is 1. The Labute approximate surface area is 238 Å². The number of nitrogens with zero attached hydrogens (tertiary/aromatic N) is 1. The number of esters is 1. The van der Waals surface area contributed by atoms with E-state index in [1.165, 1.54) is 0 Å². The van der Waals surface area contributed by atoms with Crippen LogP contribution in [-0.2, 0) is 11.3 Å². The van der Waals surface area contributed by atoms with Gasteiger partial charge in [0.2, 0.25) is 0 Å². The van der Waals surface area contributed by atoms with Gasteiger partial charge in [-0.2, -0.15) is 0 Å². The highest BCUT2D eigenvalue weighted by molar-refractivity contribution is 9.10. The lowest BCUT2D eigenvalue weighted by Gasteiger charge is -2.26. The van der Waals surface area contributed by atoms with Crippen LogP contribution in [-0.4, -0.2) is 23.6 Å². The van der Waals surface area contributed by atoms with Crippen LogP contribution in [0.3, 0.4) is 0 Å². The van der Waals surface area contributed by atoms with Gasteiger partial charge in [0, 0.05) is 25.8 Å². The molecule has 0 heterocycles. The molecule has 188 valence electrons. The maximum atomic E-state index is 13.4. The molecule has 37 heavy (non-hydrogen) atoms. The van der Waals surface area contributed by atoms with E-state index in [4.69, 9.17) is 40.2 Å². The fraction of sp³-hybridized carbons (Fsp3) is 0.107. The molecule has 0 unspecified atom stereocenters. The van der Waals surface area contributed by atoms with E-state index in [-0.39, 0.29) is 24.2 Å². The van der Waals surface area contributed by atoms with Crippen molar-refractivity contribution >= 4 is 84.8 Å². The molecule has 0 atom stereocenters. The number of ether oxygens (including phenoxy) is 1. The van der Waals surface area contributed by atoms with Gasteiger partial charge >= 0.3 is 5.97 Å². The van der Waals surface area contributed by atoms with Gasteiger partial charge in [-0.3, -0.25) is 10.1 Å². The summed E-state index contributed by atoms with van der Waals surface area (Å²) in [4.78, 5) is 27.2. The van der Waals surface area contributed by atoms with Gasteiger partial charge in [0.25, 0.3) is 5.91 Å². The number of hydrogen-bond acceptors (Lipinski definition) is 4. The second-order valence-corrected chi connectivity index (χ2v) is 10.1. The predicted octanol–water partition coefficient (Wildman–Crippen LogP) is 7.81. The van der Waals surface area contributed by atoms with E-state index in [1.807, 2.05) is 30.3 Å². The summed E-state index contributed by atoms with van der Waals surface area (Å²) in [5.74, 6) is -0.761. The van der Waals surface area contributed by atoms with Gasteiger partial charge in [0.05, 0.1) is 18.7 Å². The third kappa shape index (κ3) is 6.30. The predicted molar refractivity (Wildman–Crippen MR) is 157 cm³/mol. The Balaban J connectivity index is 1.66. The molecule has 4 rings (SSSR count). The van der Waals surface area contributed by atoms with Gasteiger partial charge in [0.1, 0.15) is 0 Å². The first-order valence-electron chi connectivity index (χ1n) is 11.3. The van der Waals surface area contributed by atoms with Crippen molar-refractivity contribution in [1.29, 1.82) is 0 Å². The maximum absolute atomic E-state index is 13.4. The summed E-state index contributed by atoms with van der Waals surface area (Å²) in [6, 6.07) is 23.2. The molecule has 0 aliphatic heterocycles. The summed E-state index contributed by atoms with van der Waals surface area (Å²) < 4.78 is 5.97. The van der Waals surface area contributed by atoms with Crippen molar-refractivity contribution in [2.75, 3.05) is 11.5 Å². The Hall–Kier alpha value is -2.97. The van der Waals surface area contributed by atoms with E-state index >= 15 is 0 Å². The molecular formula is C28H21BrCl2N2O3S. The second kappa shape index (κ2) is 12.0. The lowest BCUT2D eigenvalue weighted by Crippen LogP contribution is -2.42. The molecule has 0 fully saturated rings. The molecule has 0 saturated carbocycles.